The third kappa shape index (κ3) is 4.06. The lowest BCUT2D eigenvalue weighted by Crippen LogP contribution is -2.46. The van der Waals surface area contributed by atoms with Gasteiger partial charge in [0.2, 0.25) is 0 Å². The number of para-hydroxylation sites is 1. The molecular weight excluding hydrogens is 456 g/mol. The van der Waals surface area contributed by atoms with E-state index in [4.69, 9.17) is 11.6 Å². The van der Waals surface area contributed by atoms with E-state index in [1.807, 2.05) is 6.07 Å². The fourth-order valence-electron chi connectivity index (χ4n) is 3.58. The van der Waals surface area contributed by atoms with Crippen molar-refractivity contribution in [3.05, 3.63) is 85.1 Å². The molecule has 4 rings (SSSR count). The van der Waals surface area contributed by atoms with Crippen LogP contribution in [0.1, 0.15) is 16.5 Å². The zero-order valence-electron chi connectivity index (χ0n) is 16.8. The third-order valence-electron chi connectivity index (χ3n) is 5.09. The summed E-state index contributed by atoms with van der Waals surface area (Å²) in [5, 5.41) is 12.6. The van der Waals surface area contributed by atoms with Crippen molar-refractivity contribution in [1.29, 1.82) is 0 Å². The molecule has 3 aromatic rings. The first-order valence-corrected chi connectivity index (χ1v) is 10.9. The number of nitro groups is 1. The Bertz CT molecular complexity index is 1310. The summed E-state index contributed by atoms with van der Waals surface area (Å²) in [5.74, 6) is -0.743. The van der Waals surface area contributed by atoms with Gasteiger partial charge in [-0.1, -0.05) is 23.7 Å². The van der Waals surface area contributed by atoms with E-state index < -0.39 is 16.2 Å². The largest absolute Gasteiger partial charge is 0.297 e. The zero-order chi connectivity index (χ0) is 23.0. The van der Waals surface area contributed by atoms with Crippen LogP contribution in [-0.4, -0.2) is 32.1 Å². The van der Waals surface area contributed by atoms with E-state index in [1.54, 1.807) is 31.2 Å². The molecule has 32 heavy (non-hydrogen) atoms. The van der Waals surface area contributed by atoms with Gasteiger partial charge >= 0.3 is 0 Å². The number of hydrazine groups is 1. The highest BCUT2D eigenvalue weighted by Gasteiger charge is 2.34. The molecule has 2 heterocycles. The van der Waals surface area contributed by atoms with E-state index in [0.29, 0.717) is 16.1 Å². The van der Waals surface area contributed by atoms with E-state index in [2.05, 4.69) is 5.43 Å². The Balaban J connectivity index is 1.59. The van der Waals surface area contributed by atoms with Crippen LogP contribution in [-0.2, 0) is 16.1 Å². The number of non-ortho nitro benzene ring substituents is 1. The lowest BCUT2D eigenvalue weighted by atomic mass is 10.1. The summed E-state index contributed by atoms with van der Waals surface area (Å²) in [6.07, 6.45) is 0. The number of carbonyl (C=O) groups excluding carboxylic acids is 2. The van der Waals surface area contributed by atoms with Gasteiger partial charge in [-0.3, -0.25) is 34.5 Å². The Hall–Kier alpha value is -3.37. The van der Waals surface area contributed by atoms with Crippen molar-refractivity contribution < 1.29 is 14.5 Å². The molecule has 1 atom stereocenters. The summed E-state index contributed by atoms with van der Waals surface area (Å²) >= 11 is 7.60. The number of hydrogen-bond donors (Lipinski definition) is 1. The summed E-state index contributed by atoms with van der Waals surface area (Å²) in [4.78, 5) is 48.2. The standard InChI is InChI=1S/C21H17ClN4O5S/c1-12-9-18(28)24(20-15(12)3-2-4-16(20)22)10-17(27)23-25-19(29)11-32-21(25)13-5-7-14(8-6-13)26(30)31/h2-9,21H,10-11H2,1H3,(H,23,27). The lowest BCUT2D eigenvalue weighted by molar-refractivity contribution is -0.384. The average molecular weight is 473 g/mol. The van der Waals surface area contributed by atoms with Crippen molar-refractivity contribution in [3.8, 4) is 0 Å². The maximum Gasteiger partial charge on any atom is 0.269 e. The number of rotatable bonds is 5. The molecule has 2 aromatic carbocycles. The van der Waals surface area contributed by atoms with Crippen molar-refractivity contribution in [2.45, 2.75) is 18.8 Å². The highest BCUT2D eigenvalue weighted by molar-refractivity contribution is 8.00. The number of benzene rings is 2. The predicted octanol–water partition coefficient (Wildman–Crippen LogP) is 3.18. The Morgan fingerprint density at radius 1 is 1.25 bits per heavy atom. The Morgan fingerprint density at radius 3 is 2.66 bits per heavy atom. The van der Waals surface area contributed by atoms with Crippen LogP contribution in [0.5, 0.6) is 0 Å². The second-order valence-corrected chi connectivity index (χ2v) is 8.67. The van der Waals surface area contributed by atoms with Crippen LogP contribution < -0.4 is 11.0 Å². The molecule has 11 heteroatoms. The normalized spacial score (nSPS) is 15.9. The fourth-order valence-corrected chi connectivity index (χ4v) is 4.97. The summed E-state index contributed by atoms with van der Waals surface area (Å²) in [5.41, 5.74) is 3.95. The van der Waals surface area contributed by atoms with Gasteiger partial charge in [-0.25, -0.2) is 5.01 Å². The number of halogens is 1. The molecule has 164 valence electrons. The van der Waals surface area contributed by atoms with Crippen LogP contribution in [0.3, 0.4) is 0 Å². The van der Waals surface area contributed by atoms with Crippen molar-refractivity contribution in [2.75, 3.05) is 5.75 Å². The van der Waals surface area contributed by atoms with E-state index in [-0.39, 0.29) is 29.5 Å². The molecular formula is C21H17ClN4O5S. The monoisotopic (exact) mass is 472 g/mol. The summed E-state index contributed by atoms with van der Waals surface area (Å²) < 4.78 is 1.27. The summed E-state index contributed by atoms with van der Waals surface area (Å²) in [6, 6.07) is 12.4. The molecule has 1 fully saturated rings. The number of hydrogen-bond acceptors (Lipinski definition) is 6. The highest BCUT2D eigenvalue weighted by atomic mass is 35.5. The summed E-state index contributed by atoms with van der Waals surface area (Å²) in [6.45, 7) is 1.46. The van der Waals surface area contributed by atoms with Crippen LogP contribution in [0.2, 0.25) is 5.02 Å². The minimum atomic E-state index is -0.570. The second-order valence-electron chi connectivity index (χ2n) is 7.20. The van der Waals surface area contributed by atoms with Crippen LogP contribution in [0.25, 0.3) is 10.9 Å². The smallest absolute Gasteiger partial charge is 0.269 e. The predicted molar refractivity (Wildman–Crippen MR) is 121 cm³/mol. The van der Waals surface area contributed by atoms with Crippen molar-refractivity contribution in [3.63, 3.8) is 0 Å². The van der Waals surface area contributed by atoms with E-state index in [0.717, 1.165) is 10.9 Å². The van der Waals surface area contributed by atoms with Gasteiger partial charge < -0.3 is 0 Å². The number of aromatic nitrogens is 1. The number of carbonyl (C=O) groups is 2. The minimum absolute atomic E-state index is 0.0684. The Kier molecular flexibility index (Phi) is 5.90. The first-order chi connectivity index (χ1) is 15.3. The highest BCUT2D eigenvalue weighted by Crippen LogP contribution is 2.37. The first kappa shape index (κ1) is 21.8. The Morgan fingerprint density at radius 2 is 1.97 bits per heavy atom. The Labute approximate surface area is 191 Å². The van der Waals surface area contributed by atoms with Gasteiger partial charge in [-0.05, 0) is 36.2 Å². The minimum Gasteiger partial charge on any atom is -0.297 e. The van der Waals surface area contributed by atoms with E-state index in [1.165, 1.54) is 39.5 Å². The number of nitrogens with zero attached hydrogens (tertiary/aromatic N) is 3. The number of fused-ring (bicyclic) bond motifs is 1. The zero-order valence-corrected chi connectivity index (χ0v) is 18.4. The SMILES string of the molecule is Cc1cc(=O)n(CC(=O)NN2C(=O)CSC2c2ccc([N+](=O)[O-])cc2)c2c(Cl)cccc12. The first-order valence-electron chi connectivity index (χ1n) is 9.52. The molecule has 2 amide bonds. The van der Waals surface area contributed by atoms with Gasteiger partial charge in [0.25, 0.3) is 23.1 Å². The average Bonchev–Trinajstić information content (AvgIpc) is 3.11. The fraction of sp³-hybridized carbons (Fsp3) is 0.190. The molecule has 0 saturated carbocycles. The number of nitro benzene ring substituents is 1. The third-order valence-corrected chi connectivity index (χ3v) is 6.61. The number of nitrogens with one attached hydrogen (secondary N) is 1. The lowest BCUT2D eigenvalue weighted by Gasteiger charge is -2.25. The molecule has 0 bridgehead atoms. The molecule has 1 aliphatic heterocycles. The number of pyridine rings is 1. The number of amides is 2. The molecule has 0 aliphatic carbocycles. The molecule has 0 radical (unpaired) electrons. The number of aryl methyl sites for hydroxylation is 1. The van der Waals surface area contributed by atoms with Crippen LogP contribution >= 0.6 is 23.4 Å². The van der Waals surface area contributed by atoms with Gasteiger partial charge in [-0.2, -0.15) is 0 Å². The molecule has 1 saturated heterocycles. The second kappa shape index (κ2) is 8.64. The van der Waals surface area contributed by atoms with Gasteiger partial charge in [0, 0.05) is 23.6 Å². The van der Waals surface area contributed by atoms with Crippen LogP contribution in [0.4, 0.5) is 5.69 Å². The molecule has 0 spiro atoms. The maximum absolute atomic E-state index is 12.8. The maximum atomic E-state index is 12.8. The van der Waals surface area contributed by atoms with Crippen molar-refractivity contribution >= 4 is 51.8 Å². The van der Waals surface area contributed by atoms with Gasteiger partial charge in [0.15, 0.2) is 0 Å². The molecule has 9 nitrogen and oxygen atoms in total. The number of thioether (sulfide) groups is 1. The molecule has 1 N–H and O–H groups in total. The van der Waals surface area contributed by atoms with Crippen LogP contribution in [0.15, 0.2) is 53.3 Å². The quantitative estimate of drug-likeness (QED) is 0.450. The van der Waals surface area contributed by atoms with Gasteiger partial charge in [-0.15, -0.1) is 11.8 Å². The molecule has 1 aromatic heterocycles. The molecule has 1 aliphatic rings. The van der Waals surface area contributed by atoms with Crippen molar-refractivity contribution in [1.82, 2.24) is 15.0 Å². The molecule has 1 unspecified atom stereocenters. The topological polar surface area (TPSA) is 115 Å². The van der Waals surface area contributed by atoms with Crippen LogP contribution in [0, 0.1) is 17.0 Å². The summed E-state index contributed by atoms with van der Waals surface area (Å²) in [7, 11) is 0. The van der Waals surface area contributed by atoms with Gasteiger partial charge in [0.05, 0.1) is 21.2 Å². The van der Waals surface area contributed by atoms with Gasteiger partial charge in [0.1, 0.15) is 11.9 Å². The van der Waals surface area contributed by atoms with E-state index >= 15 is 0 Å². The van der Waals surface area contributed by atoms with E-state index in [9.17, 15) is 24.5 Å². The van der Waals surface area contributed by atoms with Crippen molar-refractivity contribution in [2.24, 2.45) is 0 Å².